The van der Waals surface area contributed by atoms with Crippen LogP contribution in [-0.4, -0.2) is 37.9 Å². The van der Waals surface area contributed by atoms with Crippen LogP contribution in [0.15, 0.2) is 18.3 Å². The molecule has 0 spiro atoms. The van der Waals surface area contributed by atoms with Gasteiger partial charge in [0.1, 0.15) is 0 Å². The number of pyridine rings is 1. The molecule has 1 atom stereocenters. The number of methoxy groups -OCH3 is 1. The van der Waals surface area contributed by atoms with Gasteiger partial charge in [-0.25, -0.2) is 4.98 Å². The second-order valence-corrected chi connectivity index (χ2v) is 5.46. The van der Waals surface area contributed by atoms with Gasteiger partial charge in [0.2, 0.25) is 5.88 Å². The molecule has 1 saturated heterocycles. The Balaban J connectivity index is 1.89. The van der Waals surface area contributed by atoms with Crippen LogP contribution < -0.4 is 10.1 Å². The van der Waals surface area contributed by atoms with Gasteiger partial charge in [0.25, 0.3) is 0 Å². The van der Waals surface area contributed by atoms with E-state index in [0.717, 1.165) is 32.1 Å². The zero-order valence-corrected chi connectivity index (χ0v) is 12.6. The lowest BCUT2D eigenvalue weighted by molar-refractivity contribution is 0.0606. The topological polar surface area (TPSA) is 43.4 Å². The first-order valence-corrected chi connectivity index (χ1v) is 7.62. The molecule has 0 aromatic carbocycles. The summed E-state index contributed by atoms with van der Waals surface area (Å²) in [5.74, 6) is 1.47. The molecule has 1 fully saturated rings. The Bertz CT molecular complexity index is 375. The normalized spacial score (nSPS) is 17.9. The summed E-state index contributed by atoms with van der Waals surface area (Å²) >= 11 is 0. The molecule has 20 heavy (non-hydrogen) atoms. The van der Waals surface area contributed by atoms with Gasteiger partial charge >= 0.3 is 0 Å². The Hall–Kier alpha value is -1.13. The number of nitrogens with one attached hydrogen (secondary N) is 1. The van der Waals surface area contributed by atoms with Crippen LogP contribution in [0.25, 0.3) is 0 Å². The SMILES string of the molecule is CCNC(Cc1ccc(OC)nc1)CC1CCOCC1. The first-order chi connectivity index (χ1) is 9.81. The van der Waals surface area contributed by atoms with E-state index in [-0.39, 0.29) is 0 Å². The summed E-state index contributed by atoms with van der Waals surface area (Å²) in [6.45, 7) is 5.03. The fraction of sp³-hybridized carbons (Fsp3) is 0.688. The maximum Gasteiger partial charge on any atom is 0.212 e. The van der Waals surface area contributed by atoms with Crippen molar-refractivity contribution in [1.82, 2.24) is 10.3 Å². The van der Waals surface area contributed by atoms with E-state index in [1.54, 1.807) is 7.11 Å². The standard InChI is InChI=1S/C16H26N2O2/c1-3-17-15(10-13-6-8-20-9-7-13)11-14-4-5-16(19-2)18-12-14/h4-5,12-13,15,17H,3,6-11H2,1-2H3. The third kappa shape index (κ3) is 4.76. The Morgan fingerprint density at radius 2 is 2.20 bits per heavy atom. The highest BCUT2D eigenvalue weighted by Crippen LogP contribution is 2.22. The summed E-state index contributed by atoms with van der Waals surface area (Å²) in [5, 5.41) is 3.61. The molecule has 0 bridgehead atoms. The van der Waals surface area contributed by atoms with Crippen LogP contribution in [0.3, 0.4) is 0 Å². The molecule has 112 valence electrons. The molecule has 1 aliphatic rings. The van der Waals surface area contributed by atoms with Crippen LogP contribution in [-0.2, 0) is 11.2 Å². The number of likely N-dealkylation sites (N-methyl/N-ethyl adjacent to an activating group) is 1. The average molecular weight is 278 g/mol. The fourth-order valence-corrected chi connectivity index (χ4v) is 2.85. The fourth-order valence-electron chi connectivity index (χ4n) is 2.85. The number of hydrogen-bond acceptors (Lipinski definition) is 4. The van der Waals surface area contributed by atoms with Gasteiger partial charge in [-0.05, 0) is 43.7 Å². The summed E-state index contributed by atoms with van der Waals surface area (Å²) in [6, 6.07) is 4.57. The Morgan fingerprint density at radius 3 is 2.80 bits per heavy atom. The number of ether oxygens (including phenoxy) is 2. The van der Waals surface area contributed by atoms with Gasteiger partial charge in [-0.2, -0.15) is 0 Å². The van der Waals surface area contributed by atoms with Gasteiger partial charge in [-0.3, -0.25) is 0 Å². The number of aromatic nitrogens is 1. The second-order valence-electron chi connectivity index (χ2n) is 5.46. The third-order valence-corrected chi connectivity index (χ3v) is 3.94. The summed E-state index contributed by atoms with van der Waals surface area (Å²) in [7, 11) is 1.65. The molecule has 1 aromatic heterocycles. The highest BCUT2D eigenvalue weighted by atomic mass is 16.5. The molecule has 0 amide bonds. The maximum atomic E-state index is 5.44. The Morgan fingerprint density at radius 1 is 1.40 bits per heavy atom. The zero-order chi connectivity index (χ0) is 14.2. The lowest BCUT2D eigenvalue weighted by Crippen LogP contribution is -2.34. The highest BCUT2D eigenvalue weighted by Gasteiger charge is 2.19. The number of rotatable bonds is 7. The quantitative estimate of drug-likeness (QED) is 0.832. The molecule has 0 saturated carbocycles. The van der Waals surface area contributed by atoms with Gasteiger partial charge in [0, 0.05) is 31.5 Å². The van der Waals surface area contributed by atoms with E-state index in [2.05, 4.69) is 23.3 Å². The van der Waals surface area contributed by atoms with Crippen molar-refractivity contribution in [3.8, 4) is 5.88 Å². The van der Waals surface area contributed by atoms with E-state index in [0.29, 0.717) is 11.9 Å². The first-order valence-electron chi connectivity index (χ1n) is 7.62. The molecule has 4 heteroatoms. The van der Waals surface area contributed by atoms with E-state index in [1.165, 1.54) is 24.8 Å². The minimum atomic E-state index is 0.526. The zero-order valence-electron chi connectivity index (χ0n) is 12.6. The molecule has 1 unspecified atom stereocenters. The van der Waals surface area contributed by atoms with Crippen molar-refractivity contribution in [2.75, 3.05) is 26.9 Å². The van der Waals surface area contributed by atoms with Crippen molar-refractivity contribution >= 4 is 0 Å². The minimum Gasteiger partial charge on any atom is -0.481 e. The van der Waals surface area contributed by atoms with E-state index in [1.807, 2.05) is 12.3 Å². The van der Waals surface area contributed by atoms with Crippen LogP contribution in [0.1, 0.15) is 31.7 Å². The molecule has 2 heterocycles. The summed E-state index contributed by atoms with van der Waals surface area (Å²) < 4.78 is 10.5. The molecule has 1 aromatic rings. The molecular weight excluding hydrogens is 252 g/mol. The molecule has 4 nitrogen and oxygen atoms in total. The van der Waals surface area contributed by atoms with Gasteiger partial charge in [-0.1, -0.05) is 13.0 Å². The first kappa shape index (κ1) is 15.3. The van der Waals surface area contributed by atoms with E-state index >= 15 is 0 Å². The molecular formula is C16H26N2O2. The van der Waals surface area contributed by atoms with E-state index < -0.39 is 0 Å². The lowest BCUT2D eigenvalue weighted by Gasteiger charge is -2.27. The summed E-state index contributed by atoms with van der Waals surface area (Å²) in [4.78, 5) is 4.29. The van der Waals surface area contributed by atoms with Crippen LogP contribution in [0, 0.1) is 5.92 Å². The van der Waals surface area contributed by atoms with Crippen LogP contribution in [0.2, 0.25) is 0 Å². The summed E-state index contributed by atoms with van der Waals surface area (Å²) in [5.41, 5.74) is 1.27. The van der Waals surface area contributed by atoms with Gasteiger partial charge in [-0.15, -0.1) is 0 Å². The smallest absolute Gasteiger partial charge is 0.212 e. The monoisotopic (exact) mass is 278 g/mol. The minimum absolute atomic E-state index is 0.526. The van der Waals surface area contributed by atoms with Crippen molar-refractivity contribution in [2.45, 2.75) is 38.6 Å². The largest absolute Gasteiger partial charge is 0.481 e. The van der Waals surface area contributed by atoms with Gasteiger partial charge in [0.05, 0.1) is 7.11 Å². The Kier molecular flexibility index (Phi) is 6.27. The predicted octanol–water partition coefficient (Wildman–Crippen LogP) is 2.43. The second kappa shape index (κ2) is 8.22. The molecule has 2 rings (SSSR count). The van der Waals surface area contributed by atoms with Gasteiger partial charge in [0.15, 0.2) is 0 Å². The van der Waals surface area contributed by atoms with Crippen molar-refractivity contribution in [3.63, 3.8) is 0 Å². The van der Waals surface area contributed by atoms with Crippen LogP contribution in [0.5, 0.6) is 5.88 Å². The predicted molar refractivity (Wildman–Crippen MR) is 80.1 cm³/mol. The lowest BCUT2D eigenvalue weighted by atomic mass is 9.90. The Labute approximate surface area is 121 Å². The molecule has 1 aliphatic heterocycles. The van der Waals surface area contributed by atoms with Crippen molar-refractivity contribution in [1.29, 1.82) is 0 Å². The van der Waals surface area contributed by atoms with Crippen molar-refractivity contribution in [3.05, 3.63) is 23.9 Å². The van der Waals surface area contributed by atoms with E-state index in [9.17, 15) is 0 Å². The maximum absolute atomic E-state index is 5.44. The van der Waals surface area contributed by atoms with E-state index in [4.69, 9.17) is 9.47 Å². The van der Waals surface area contributed by atoms with Crippen molar-refractivity contribution < 1.29 is 9.47 Å². The average Bonchev–Trinajstić information content (AvgIpc) is 2.49. The van der Waals surface area contributed by atoms with Gasteiger partial charge < -0.3 is 14.8 Å². The van der Waals surface area contributed by atoms with Crippen LogP contribution in [0.4, 0.5) is 0 Å². The van der Waals surface area contributed by atoms with Crippen molar-refractivity contribution in [2.24, 2.45) is 5.92 Å². The van der Waals surface area contributed by atoms with Crippen LogP contribution >= 0.6 is 0 Å². The molecule has 0 radical (unpaired) electrons. The number of nitrogens with zero attached hydrogens (tertiary/aromatic N) is 1. The highest BCUT2D eigenvalue weighted by molar-refractivity contribution is 5.18. The molecule has 1 N–H and O–H groups in total. The summed E-state index contributed by atoms with van der Waals surface area (Å²) in [6.07, 6.45) is 6.57. The molecule has 0 aliphatic carbocycles. The third-order valence-electron chi connectivity index (χ3n) is 3.94. The number of hydrogen-bond donors (Lipinski definition) is 1.